The van der Waals surface area contributed by atoms with Crippen molar-refractivity contribution in [1.82, 2.24) is 66.2 Å². The second-order valence-corrected chi connectivity index (χ2v) is 55.0. The van der Waals surface area contributed by atoms with Gasteiger partial charge in [-0.3, -0.25) is 65.1 Å². The minimum Gasteiger partial charge on any atom is -0.493 e. The number of benzene rings is 4. The predicted molar refractivity (Wildman–Crippen MR) is 515 cm³/mol. The molecule has 0 saturated heterocycles. The highest BCUT2D eigenvalue weighted by molar-refractivity contribution is 8.68. The molecule has 3 heterocycles. The molecule has 1 unspecified atom stereocenters. The van der Waals surface area contributed by atoms with Crippen LogP contribution in [-0.2, 0) is 125 Å². The monoisotopic (exact) mass is 2170 g/mol. The van der Waals surface area contributed by atoms with Crippen LogP contribution in [0.15, 0.2) is 67.1 Å². The highest BCUT2D eigenvalue weighted by Gasteiger charge is 2.28. The van der Waals surface area contributed by atoms with E-state index in [0.717, 1.165) is 6.42 Å². The van der Waals surface area contributed by atoms with Gasteiger partial charge in [0.25, 0.3) is 94.5 Å². The molecule has 0 spiro atoms. The van der Waals surface area contributed by atoms with E-state index in [2.05, 4.69) is 76.7 Å². The first kappa shape index (κ1) is 117. The fourth-order valence-electron chi connectivity index (χ4n) is 12.5. The van der Waals surface area contributed by atoms with Gasteiger partial charge >= 0.3 is 0 Å². The molecule has 0 aliphatic rings. The van der Waals surface area contributed by atoms with Crippen molar-refractivity contribution in [2.24, 2.45) is 0 Å². The largest absolute Gasteiger partial charge is 0.493 e. The molecular formula is C79H118N13O36P3S8. The normalized spacial score (nSPS) is 12.2. The molecule has 0 bridgehead atoms. The lowest BCUT2D eigenvalue weighted by Gasteiger charge is -2.19. The van der Waals surface area contributed by atoms with E-state index >= 15 is 0 Å². The van der Waals surface area contributed by atoms with Crippen LogP contribution >= 0.6 is 24.5 Å². The quantitative estimate of drug-likeness (QED) is 0.0112. The Morgan fingerprint density at radius 2 is 0.547 bits per heavy atom. The molecule has 0 aliphatic carbocycles. The van der Waals surface area contributed by atoms with Crippen LogP contribution in [0.3, 0.4) is 0 Å². The molecule has 4 aromatic carbocycles. The smallest absolute Gasteiger partial charge is 0.264 e. The number of unbranched alkanes of at least 4 members (excludes halogenated alkanes) is 3. The summed E-state index contributed by atoms with van der Waals surface area (Å²) >= 11 is 0. The van der Waals surface area contributed by atoms with E-state index in [1.807, 2.05) is 13.8 Å². The van der Waals surface area contributed by atoms with Crippen molar-refractivity contribution in [2.75, 3.05) is 125 Å². The Kier molecular flexibility index (Phi) is 48.0. The van der Waals surface area contributed by atoms with Gasteiger partial charge in [-0.1, -0.05) is 66.8 Å². The number of rotatable bonds is 72. The number of ether oxygens (including phenoxy) is 11. The molecule has 60 heteroatoms. The summed E-state index contributed by atoms with van der Waals surface area (Å²) in [5.74, 6) is -6.87. The van der Waals surface area contributed by atoms with Crippen molar-refractivity contribution in [3.63, 3.8) is 0 Å². The van der Waals surface area contributed by atoms with Gasteiger partial charge in [0.2, 0.25) is 17.2 Å². The fourth-order valence-corrected chi connectivity index (χ4v) is 17.9. The zero-order valence-electron chi connectivity index (χ0n) is 76.1. The summed E-state index contributed by atoms with van der Waals surface area (Å²) in [6, 6.07) is 10.9. The van der Waals surface area contributed by atoms with Gasteiger partial charge in [-0.2, -0.15) is 66.9 Å². The van der Waals surface area contributed by atoms with E-state index in [4.69, 9.17) is 52.1 Å². The van der Waals surface area contributed by atoms with E-state index in [9.17, 15) is 110 Å². The maximum absolute atomic E-state index is 14.1. The van der Waals surface area contributed by atoms with Crippen molar-refractivity contribution >= 4 is 127 Å². The van der Waals surface area contributed by atoms with Gasteiger partial charge in [0.05, 0.1) is 112 Å². The number of carbonyl (C=O) groups is 4. The van der Waals surface area contributed by atoms with Crippen LogP contribution in [0.4, 0.5) is 0 Å². The molecule has 1 atom stereocenters. The van der Waals surface area contributed by atoms with Crippen LogP contribution in [0.1, 0.15) is 181 Å². The van der Waals surface area contributed by atoms with Crippen LogP contribution in [0.5, 0.6) is 63.2 Å². The molecular weight excluding hydrogens is 2060 g/mol. The predicted octanol–water partition coefficient (Wildman–Crippen LogP) is 6.35. The van der Waals surface area contributed by atoms with Crippen LogP contribution in [0.25, 0.3) is 0 Å². The number of aromatic nitrogens is 9. The van der Waals surface area contributed by atoms with Crippen molar-refractivity contribution in [3.8, 4) is 63.2 Å². The SMILES string of the molecule is CCCCNC(=O)c1cc(OCc2cn(CCCNC(=O)c3cc(OCCCS(=O)(=O)O)c(CCCCS(=O)(=O)O)c(OCCCS(=P)(=P)P)c3)nn2)c(OCc2cn(CCCNC(=O)c3cc(OCCCC)c(OCCCS(=O)(=O)O)c(OCCCS(=O)(=O)O)c3)nn2)c(OCc2cn(CCCNC(=O)c3cc(OCCCS(=O)(=O)O)c(OCCCS(=O)(=O)O)c(OCCCS(=O)(=O)O)c3)nn2)c1. The number of amides is 4. The number of nitrogens with one attached hydrogen (secondary N) is 4. The van der Waals surface area contributed by atoms with Gasteiger partial charge in [0.15, 0.2) is 34.5 Å². The Balaban J connectivity index is 1.12. The highest BCUT2D eigenvalue weighted by Crippen LogP contribution is 2.44. The Bertz CT molecular complexity index is 5830. The van der Waals surface area contributed by atoms with Gasteiger partial charge in [-0.25, -0.2) is 0 Å². The molecule has 0 radical (unpaired) electrons. The third kappa shape index (κ3) is 47.9. The van der Waals surface area contributed by atoms with Crippen molar-refractivity contribution < 1.29 is 162 Å². The zero-order chi connectivity index (χ0) is 102. The number of aryl methyl sites for hydroxylation is 3. The van der Waals surface area contributed by atoms with Gasteiger partial charge in [-0.15, -0.1) is 15.3 Å². The van der Waals surface area contributed by atoms with Crippen molar-refractivity contribution in [1.29, 1.82) is 0 Å². The van der Waals surface area contributed by atoms with E-state index in [1.165, 1.54) is 68.8 Å². The molecule has 139 heavy (non-hydrogen) atoms. The maximum atomic E-state index is 14.1. The minimum absolute atomic E-state index is 0.0175. The summed E-state index contributed by atoms with van der Waals surface area (Å²) in [6.07, 6.45) is 7.86. The standard InChI is InChI=1S/C79H118N13O36P3S8/c1-3-5-20-80-77(94)60-49-71(126-54-61-51-90(87-84-61)24-9-21-81-76(93)57-43-65(118-28-12-36-133(100,101)102)64(19-7-8-35-132(97,98)99)66(44-57)119-32-18-42-139(129,130)131)75(128-56-63-53-92(89-86-63)26-11-23-82-78(95)58-45-67(120-27-6-4-2)73(124-33-16-40-137(112,113)114)68(46-58)121-29-13-37-134(103,104)105)72(50-60)127-55-62-52-91(88-85-62)25-10-22-83-79(96)59-47-69(122-30-14-38-135(106,107)108)74(125-34-17-41-138(115,116)117)70(48-59)123-31-15-39-136(109,110)111/h43-53,129-130H,3-42,54-56,131H2,1-2H3,(H,80,94)(H,81,93)(H,82,95)(H,83,96)(H,97,98,99)(H,100,101,102)(H,103,104,105)(H,106,107,108)(H,109,110,111)(H,112,113,114)(H,115,116,117). The molecule has 4 amide bonds. The summed E-state index contributed by atoms with van der Waals surface area (Å²) in [4.78, 5) is 55.9. The van der Waals surface area contributed by atoms with Crippen molar-refractivity contribution in [3.05, 3.63) is 112 Å². The Morgan fingerprint density at radius 3 is 0.835 bits per heavy atom. The summed E-state index contributed by atoms with van der Waals surface area (Å²) in [7, 11) is -22.1. The maximum Gasteiger partial charge on any atom is 0.264 e. The topological polar surface area (TPSA) is 691 Å². The Morgan fingerprint density at radius 1 is 0.309 bits per heavy atom. The molecule has 49 nitrogen and oxygen atoms in total. The molecule has 0 aliphatic heterocycles. The van der Waals surface area contributed by atoms with Crippen LogP contribution in [-0.4, -0.2) is 284 Å². The first-order chi connectivity index (χ1) is 65.5. The Hall–Kier alpha value is -9.27. The molecule has 11 N–H and O–H groups in total. The third-order valence-corrected chi connectivity index (χ3v) is 27.5. The lowest BCUT2D eigenvalue weighted by molar-refractivity contribution is 0.0943. The average molecular weight is 2180 g/mol. The first-order valence-corrected chi connectivity index (χ1v) is 60.6. The lowest BCUT2D eigenvalue weighted by atomic mass is 10.0. The number of hydrogen-bond acceptors (Lipinski definition) is 35. The summed E-state index contributed by atoms with van der Waals surface area (Å²) in [5, 5.41) is 37.0. The molecule has 0 fully saturated rings. The van der Waals surface area contributed by atoms with Gasteiger partial charge in [0.1, 0.15) is 48.4 Å². The first-order valence-electron chi connectivity index (χ1n) is 43.6. The van der Waals surface area contributed by atoms with E-state index in [1.54, 1.807) is 12.4 Å². The zero-order valence-corrected chi connectivity index (χ0v) is 85.8. The summed E-state index contributed by atoms with van der Waals surface area (Å²) < 4.78 is 298. The number of nitrogens with zero attached hydrogens (tertiary/aromatic N) is 9. The van der Waals surface area contributed by atoms with Crippen LogP contribution in [0.2, 0.25) is 0 Å². The van der Waals surface area contributed by atoms with E-state index < -0.39 is 143 Å². The minimum atomic E-state index is -4.44. The van der Waals surface area contributed by atoms with Gasteiger partial charge < -0.3 is 73.4 Å². The van der Waals surface area contributed by atoms with E-state index in [-0.39, 0.29) is 298 Å². The molecule has 7 rings (SSSR count). The highest BCUT2D eigenvalue weighted by atomic mass is 33.1. The van der Waals surface area contributed by atoms with E-state index in [0.29, 0.717) is 37.0 Å². The second kappa shape index (κ2) is 57.1. The van der Waals surface area contributed by atoms with Crippen LogP contribution < -0.4 is 73.4 Å². The van der Waals surface area contributed by atoms with Gasteiger partial charge in [-0.05, 0) is 151 Å². The third-order valence-electron chi connectivity index (χ3n) is 19.0. The summed E-state index contributed by atoms with van der Waals surface area (Å²) in [6.45, 7) is 2.30. The number of carbonyl (C=O) groups excluding carboxylic acids is 4. The second-order valence-electron chi connectivity index (χ2n) is 31.2. The summed E-state index contributed by atoms with van der Waals surface area (Å²) in [5.41, 5.74) is 1.28. The molecule has 0 saturated carbocycles. The average Bonchev–Trinajstić information content (AvgIpc) is 1.78. The lowest BCUT2D eigenvalue weighted by Crippen LogP contribution is -2.25. The molecule has 7 aromatic rings. The molecule has 3 aromatic heterocycles. The van der Waals surface area contributed by atoms with Crippen LogP contribution in [0, 0.1) is 0 Å². The molecule has 778 valence electrons. The Labute approximate surface area is 812 Å². The van der Waals surface area contributed by atoms with Gasteiger partial charge in [0, 0.05) is 73.6 Å². The fraction of sp³-hybridized carbons (Fsp3) is 0.570. The van der Waals surface area contributed by atoms with Crippen molar-refractivity contribution in [2.45, 2.75) is 162 Å². The number of hydrogen-bond donors (Lipinski definition) is 11.